The standard InChI is InChI=1S/C18H16ClN3O3/c1-21-15-8-3-2-7-14(15)17(24)22(18(21)25)16(23)9-10-20-13-6-4-5-12(19)11-13/h2-8,11,20H,9-10H2,1H3. The van der Waals surface area contributed by atoms with Gasteiger partial charge in [-0.2, -0.15) is 4.57 Å². The number of benzene rings is 2. The molecular formula is C18H16ClN3O3. The number of nitrogens with one attached hydrogen (secondary N) is 1. The average molecular weight is 358 g/mol. The van der Waals surface area contributed by atoms with Gasteiger partial charge in [0, 0.05) is 30.7 Å². The molecule has 0 unspecified atom stereocenters. The summed E-state index contributed by atoms with van der Waals surface area (Å²) in [6.07, 6.45) is 0.000000236. The molecular weight excluding hydrogens is 342 g/mol. The summed E-state index contributed by atoms with van der Waals surface area (Å²) in [6, 6.07) is 13.8. The van der Waals surface area contributed by atoms with Crippen molar-refractivity contribution in [2.45, 2.75) is 6.42 Å². The molecule has 3 rings (SSSR count). The zero-order valence-electron chi connectivity index (χ0n) is 13.5. The molecule has 3 aromatic rings. The van der Waals surface area contributed by atoms with Crippen molar-refractivity contribution < 1.29 is 4.79 Å². The predicted octanol–water partition coefficient (Wildman–Crippen LogP) is 2.50. The van der Waals surface area contributed by atoms with Crippen LogP contribution in [0.4, 0.5) is 5.69 Å². The average Bonchev–Trinajstić information content (AvgIpc) is 2.60. The van der Waals surface area contributed by atoms with Crippen molar-refractivity contribution in [2.24, 2.45) is 7.05 Å². The molecule has 7 heteroatoms. The molecule has 1 aromatic heterocycles. The summed E-state index contributed by atoms with van der Waals surface area (Å²) in [5, 5.41) is 3.96. The molecule has 1 heterocycles. The lowest BCUT2D eigenvalue weighted by Gasteiger charge is -2.10. The molecule has 0 saturated carbocycles. The zero-order chi connectivity index (χ0) is 18.0. The molecule has 0 radical (unpaired) electrons. The van der Waals surface area contributed by atoms with Crippen LogP contribution in [0.2, 0.25) is 5.02 Å². The number of carbonyl (C=O) groups excluding carboxylic acids is 1. The lowest BCUT2D eigenvalue weighted by atomic mass is 10.2. The van der Waals surface area contributed by atoms with Gasteiger partial charge in [0.05, 0.1) is 10.9 Å². The maximum Gasteiger partial charge on any atom is 0.338 e. The van der Waals surface area contributed by atoms with Crippen LogP contribution in [0.25, 0.3) is 10.9 Å². The smallest absolute Gasteiger partial charge is 0.338 e. The van der Waals surface area contributed by atoms with Gasteiger partial charge in [0.25, 0.3) is 5.56 Å². The van der Waals surface area contributed by atoms with Gasteiger partial charge in [-0.1, -0.05) is 29.8 Å². The first-order chi connectivity index (χ1) is 12.0. The van der Waals surface area contributed by atoms with Crippen molar-refractivity contribution in [1.82, 2.24) is 9.13 Å². The Hall–Kier alpha value is -2.86. The maximum atomic E-state index is 12.5. The van der Waals surface area contributed by atoms with E-state index in [1.807, 2.05) is 6.07 Å². The van der Waals surface area contributed by atoms with E-state index in [1.165, 1.54) is 11.6 Å². The van der Waals surface area contributed by atoms with E-state index in [9.17, 15) is 14.4 Å². The summed E-state index contributed by atoms with van der Waals surface area (Å²) in [4.78, 5) is 37.3. The summed E-state index contributed by atoms with van der Waals surface area (Å²) in [5.74, 6) is -0.550. The quantitative estimate of drug-likeness (QED) is 0.778. The van der Waals surface area contributed by atoms with Crippen LogP contribution in [-0.4, -0.2) is 21.6 Å². The fourth-order valence-electron chi connectivity index (χ4n) is 2.65. The van der Waals surface area contributed by atoms with E-state index in [2.05, 4.69) is 5.32 Å². The Morgan fingerprint density at radius 2 is 1.88 bits per heavy atom. The fourth-order valence-corrected chi connectivity index (χ4v) is 2.84. The number of anilines is 1. The van der Waals surface area contributed by atoms with Gasteiger partial charge in [0.2, 0.25) is 5.91 Å². The van der Waals surface area contributed by atoms with Crippen LogP contribution in [0.3, 0.4) is 0 Å². The molecule has 25 heavy (non-hydrogen) atoms. The van der Waals surface area contributed by atoms with E-state index in [4.69, 9.17) is 11.6 Å². The summed E-state index contributed by atoms with van der Waals surface area (Å²) < 4.78 is 2.00. The third-order valence-electron chi connectivity index (χ3n) is 3.92. The SMILES string of the molecule is Cn1c(=O)n(C(=O)CCNc2cccc(Cl)c2)c(=O)c2ccccc21. The van der Waals surface area contributed by atoms with Crippen molar-refractivity contribution >= 4 is 34.1 Å². The van der Waals surface area contributed by atoms with Crippen LogP contribution < -0.4 is 16.6 Å². The van der Waals surface area contributed by atoms with Crippen LogP contribution in [0.15, 0.2) is 58.1 Å². The molecule has 0 fully saturated rings. The van der Waals surface area contributed by atoms with Crippen LogP contribution in [0.5, 0.6) is 0 Å². The van der Waals surface area contributed by atoms with E-state index >= 15 is 0 Å². The Kier molecular flexibility index (Phi) is 4.72. The molecule has 0 bridgehead atoms. The first kappa shape index (κ1) is 17.0. The molecule has 0 saturated heterocycles. The maximum absolute atomic E-state index is 12.5. The monoisotopic (exact) mass is 357 g/mol. The van der Waals surface area contributed by atoms with E-state index in [-0.39, 0.29) is 13.0 Å². The second-order valence-corrected chi connectivity index (χ2v) is 6.02. The van der Waals surface area contributed by atoms with E-state index in [0.717, 1.165) is 5.69 Å². The lowest BCUT2D eigenvalue weighted by Crippen LogP contribution is -2.43. The van der Waals surface area contributed by atoms with E-state index < -0.39 is 17.2 Å². The second kappa shape index (κ2) is 6.94. The summed E-state index contributed by atoms with van der Waals surface area (Å²) in [7, 11) is 1.54. The Bertz CT molecular complexity index is 1070. The summed E-state index contributed by atoms with van der Waals surface area (Å²) >= 11 is 5.90. The Morgan fingerprint density at radius 1 is 1.12 bits per heavy atom. The molecule has 0 aliphatic rings. The second-order valence-electron chi connectivity index (χ2n) is 5.58. The van der Waals surface area contributed by atoms with Crippen molar-refractivity contribution in [3.8, 4) is 0 Å². The molecule has 6 nitrogen and oxygen atoms in total. The van der Waals surface area contributed by atoms with Gasteiger partial charge in [-0.05, 0) is 30.3 Å². The van der Waals surface area contributed by atoms with Crippen molar-refractivity contribution in [3.05, 3.63) is 74.4 Å². The van der Waals surface area contributed by atoms with Gasteiger partial charge >= 0.3 is 5.69 Å². The first-order valence-corrected chi connectivity index (χ1v) is 8.10. The molecule has 0 aliphatic carbocycles. The fraction of sp³-hybridized carbons (Fsp3) is 0.167. The third-order valence-corrected chi connectivity index (χ3v) is 4.15. The van der Waals surface area contributed by atoms with Crippen LogP contribution in [0, 0.1) is 0 Å². The number of hydrogen-bond acceptors (Lipinski definition) is 4. The molecule has 2 aromatic carbocycles. The Labute approximate surface area is 148 Å². The molecule has 1 N–H and O–H groups in total. The highest BCUT2D eigenvalue weighted by atomic mass is 35.5. The zero-order valence-corrected chi connectivity index (χ0v) is 14.3. The largest absolute Gasteiger partial charge is 0.384 e. The Morgan fingerprint density at radius 3 is 2.64 bits per heavy atom. The Balaban J connectivity index is 1.85. The van der Waals surface area contributed by atoms with Crippen molar-refractivity contribution in [1.29, 1.82) is 0 Å². The minimum Gasteiger partial charge on any atom is -0.384 e. The molecule has 0 atom stereocenters. The van der Waals surface area contributed by atoms with Gasteiger partial charge < -0.3 is 5.32 Å². The van der Waals surface area contributed by atoms with E-state index in [0.29, 0.717) is 20.5 Å². The number of nitrogens with zero attached hydrogens (tertiary/aromatic N) is 2. The number of rotatable bonds is 4. The van der Waals surface area contributed by atoms with Gasteiger partial charge in [-0.3, -0.25) is 14.2 Å². The van der Waals surface area contributed by atoms with Gasteiger partial charge in [0.15, 0.2) is 0 Å². The van der Waals surface area contributed by atoms with Gasteiger partial charge in [-0.15, -0.1) is 0 Å². The lowest BCUT2D eigenvalue weighted by molar-refractivity contribution is 0.0896. The number of fused-ring (bicyclic) bond motifs is 1. The number of carbonyl (C=O) groups is 1. The van der Waals surface area contributed by atoms with Crippen molar-refractivity contribution in [3.63, 3.8) is 0 Å². The van der Waals surface area contributed by atoms with E-state index in [1.54, 1.807) is 42.5 Å². The van der Waals surface area contributed by atoms with Gasteiger partial charge in [-0.25, -0.2) is 4.79 Å². The minimum atomic E-state index is -0.642. The minimum absolute atomic E-state index is 0.000000236. The molecule has 128 valence electrons. The van der Waals surface area contributed by atoms with Crippen molar-refractivity contribution in [2.75, 3.05) is 11.9 Å². The first-order valence-electron chi connectivity index (χ1n) is 7.72. The molecule has 0 amide bonds. The van der Waals surface area contributed by atoms with Crippen LogP contribution >= 0.6 is 11.6 Å². The summed E-state index contributed by atoms with van der Waals surface area (Å²) in [6.45, 7) is 0.279. The summed E-state index contributed by atoms with van der Waals surface area (Å²) in [5.41, 5.74) is 0.0283. The predicted molar refractivity (Wildman–Crippen MR) is 98.6 cm³/mol. The number of aromatic nitrogens is 2. The topological polar surface area (TPSA) is 73.1 Å². The number of hydrogen-bond donors (Lipinski definition) is 1. The molecule has 0 spiro atoms. The third kappa shape index (κ3) is 3.34. The number of halogens is 1. The van der Waals surface area contributed by atoms with Crippen LogP contribution in [-0.2, 0) is 7.05 Å². The molecule has 0 aliphatic heterocycles. The number of aryl methyl sites for hydroxylation is 1. The normalized spacial score (nSPS) is 10.8. The van der Waals surface area contributed by atoms with Crippen LogP contribution in [0.1, 0.15) is 11.2 Å². The highest BCUT2D eigenvalue weighted by Crippen LogP contribution is 2.14. The highest BCUT2D eigenvalue weighted by molar-refractivity contribution is 6.30. The number of para-hydroxylation sites is 1. The highest BCUT2D eigenvalue weighted by Gasteiger charge is 2.16. The van der Waals surface area contributed by atoms with Gasteiger partial charge in [0.1, 0.15) is 0 Å².